The fourth-order valence-electron chi connectivity index (χ4n) is 4.68. The molecule has 1 atom stereocenters. The highest BCUT2D eigenvalue weighted by molar-refractivity contribution is 6.31. The van der Waals surface area contributed by atoms with E-state index in [2.05, 4.69) is 11.0 Å². The Hall–Kier alpha value is -2.24. The Morgan fingerprint density at radius 3 is 2.56 bits per heavy atom. The van der Waals surface area contributed by atoms with Crippen LogP contribution in [0, 0.1) is 11.8 Å². The molecule has 2 saturated heterocycles. The third kappa shape index (κ3) is 5.96. The first-order valence-corrected chi connectivity index (χ1v) is 12.0. The summed E-state index contributed by atoms with van der Waals surface area (Å²) in [5, 5.41) is 0.827. The second kappa shape index (κ2) is 10.6. The van der Waals surface area contributed by atoms with Crippen LogP contribution in [0.5, 0.6) is 5.75 Å². The van der Waals surface area contributed by atoms with Crippen LogP contribution in [0.2, 0.25) is 5.02 Å². The van der Waals surface area contributed by atoms with Crippen LogP contribution in [0.25, 0.3) is 0 Å². The molecule has 32 heavy (non-hydrogen) atoms. The van der Waals surface area contributed by atoms with Gasteiger partial charge in [0.25, 0.3) is 0 Å². The standard InChI is InChI=1S/C26H33ClN2O3/c1-19(2)32-24-8-9-25(27)22(15-24)14-20-10-12-28(13-11-20)16-21-17-29(26(30)31-18-21)23-6-4-3-5-7-23/h3-9,15,19-21H,10-14,16-18H2,1-2H3. The molecule has 4 rings (SSSR count). The van der Waals surface area contributed by atoms with Crippen molar-refractivity contribution >= 4 is 23.4 Å². The summed E-state index contributed by atoms with van der Waals surface area (Å²) in [6, 6.07) is 15.8. The highest BCUT2D eigenvalue weighted by atomic mass is 35.5. The van der Waals surface area contributed by atoms with E-state index in [-0.39, 0.29) is 12.2 Å². The quantitative estimate of drug-likeness (QED) is 0.539. The molecule has 1 amide bonds. The van der Waals surface area contributed by atoms with E-state index in [4.69, 9.17) is 21.1 Å². The van der Waals surface area contributed by atoms with Crippen LogP contribution < -0.4 is 9.64 Å². The molecule has 0 radical (unpaired) electrons. The van der Waals surface area contributed by atoms with Crippen LogP contribution in [0.15, 0.2) is 48.5 Å². The summed E-state index contributed by atoms with van der Waals surface area (Å²) >= 11 is 6.47. The Morgan fingerprint density at radius 2 is 1.84 bits per heavy atom. The lowest BCUT2D eigenvalue weighted by Gasteiger charge is -2.38. The molecule has 2 aliphatic heterocycles. The molecule has 0 aliphatic carbocycles. The van der Waals surface area contributed by atoms with Gasteiger partial charge in [-0.3, -0.25) is 4.90 Å². The molecule has 0 aromatic heterocycles. The summed E-state index contributed by atoms with van der Waals surface area (Å²) < 4.78 is 11.3. The Kier molecular flexibility index (Phi) is 7.59. The maximum absolute atomic E-state index is 12.2. The van der Waals surface area contributed by atoms with Gasteiger partial charge in [0.15, 0.2) is 0 Å². The van der Waals surface area contributed by atoms with Gasteiger partial charge in [0.1, 0.15) is 5.75 Å². The first kappa shape index (κ1) is 22.9. The zero-order valence-electron chi connectivity index (χ0n) is 19.0. The molecule has 2 heterocycles. The van der Waals surface area contributed by atoms with Gasteiger partial charge in [0.05, 0.1) is 12.7 Å². The molecule has 172 valence electrons. The second-order valence-corrected chi connectivity index (χ2v) is 9.66. The molecule has 0 N–H and O–H groups in total. The number of carbonyl (C=O) groups excluding carboxylic acids is 1. The van der Waals surface area contributed by atoms with E-state index in [0.29, 0.717) is 25.0 Å². The Labute approximate surface area is 196 Å². The summed E-state index contributed by atoms with van der Waals surface area (Å²) in [4.78, 5) is 16.5. The van der Waals surface area contributed by atoms with E-state index in [1.165, 1.54) is 5.56 Å². The number of benzene rings is 2. The van der Waals surface area contributed by atoms with Crippen molar-refractivity contribution in [3.05, 3.63) is 59.1 Å². The van der Waals surface area contributed by atoms with Crippen LogP contribution in [-0.4, -0.2) is 49.9 Å². The van der Waals surface area contributed by atoms with E-state index < -0.39 is 0 Å². The number of likely N-dealkylation sites (tertiary alicyclic amines) is 1. The molecule has 0 spiro atoms. The van der Waals surface area contributed by atoms with Gasteiger partial charge >= 0.3 is 6.09 Å². The van der Waals surface area contributed by atoms with E-state index in [1.807, 2.05) is 56.3 Å². The maximum Gasteiger partial charge on any atom is 0.414 e. The van der Waals surface area contributed by atoms with Crippen LogP contribution in [0.1, 0.15) is 32.3 Å². The molecule has 1 unspecified atom stereocenters. The zero-order chi connectivity index (χ0) is 22.5. The van der Waals surface area contributed by atoms with Gasteiger partial charge in [-0.15, -0.1) is 0 Å². The van der Waals surface area contributed by atoms with Gasteiger partial charge in [0, 0.05) is 29.7 Å². The minimum atomic E-state index is -0.244. The Bertz CT molecular complexity index is 897. The lowest BCUT2D eigenvalue weighted by molar-refractivity contribution is 0.0870. The van der Waals surface area contributed by atoms with Crippen LogP contribution in [-0.2, 0) is 11.2 Å². The summed E-state index contributed by atoms with van der Waals surface area (Å²) in [6.45, 7) is 8.39. The van der Waals surface area contributed by atoms with Crippen molar-refractivity contribution in [2.45, 2.75) is 39.2 Å². The van der Waals surface area contributed by atoms with Crippen molar-refractivity contribution in [3.8, 4) is 5.75 Å². The van der Waals surface area contributed by atoms with E-state index in [9.17, 15) is 4.79 Å². The van der Waals surface area contributed by atoms with Gasteiger partial charge in [0.2, 0.25) is 0 Å². The average Bonchev–Trinajstić information content (AvgIpc) is 2.79. The number of carbonyl (C=O) groups is 1. The van der Waals surface area contributed by atoms with Crippen molar-refractivity contribution in [1.29, 1.82) is 0 Å². The summed E-state index contributed by atoms with van der Waals surface area (Å²) in [7, 11) is 0. The fourth-order valence-corrected chi connectivity index (χ4v) is 4.88. The average molecular weight is 457 g/mol. The molecular weight excluding hydrogens is 424 g/mol. The molecule has 2 fully saturated rings. The fraction of sp³-hybridized carbons (Fsp3) is 0.500. The first-order valence-electron chi connectivity index (χ1n) is 11.6. The SMILES string of the molecule is CC(C)Oc1ccc(Cl)c(CC2CCN(CC3COC(=O)N(c4ccccc4)C3)CC2)c1. The highest BCUT2D eigenvalue weighted by Crippen LogP contribution is 2.29. The third-order valence-corrected chi connectivity index (χ3v) is 6.66. The summed E-state index contributed by atoms with van der Waals surface area (Å²) in [5.74, 6) is 1.85. The number of piperidine rings is 1. The third-order valence-electron chi connectivity index (χ3n) is 6.29. The predicted octanol–water partition coefficient (Wildman–Crippen LogP) is 5.65. The molecule has 0 bridgehead atoms. The minimum absolute atomic E-state index is 0.157. The van der Waals surface area contributed by atoms with Crippen molar-refractivity contribution in [2.75, 3.05) is 37.7 Å². The minimum Gasteiger partial charge on any atom is -0.491 e. The number of halogens is 1. The van der Waals surface area contributed by atoms with Crippen molar-refractivity contribution in [1.82, 2.24) is 4.90 Å². The predicted molar refractivity (Wildman–Crippen MR) is 129 cm³/mol. The Morgan fingerprint density at radius 1 is 1.09 bits per heavy atom. The van der Waals surface area contributed by atoms with Crippen LogP contribution in [0.3, 0.4) is 0 Å². The van der Waals surface area contributed by atoms with Crippen molar-refractivity contribution in [3.63, 3.8) is 0 Å². The number of rotatable bonds is 7. The highest BCUT2D eigenvalue weighted by Gasteiger charge is 2.30. The topological polar surface area (TPSA) is 42.0 Å². The van der Waals surface area contributed by atoms with Crippen LogP contribution >= 0.6 is 11.6 Å². The normalized spacial score (nSPS) is 20.4. The molecule has 2 aliphatic rings. The first-order chi connectivity index (χ1) is 15.5. The number of amides is 1. The molecule has 0 saturated carbocycles. The molecule has 5 nitrogen and oxygen atoms in total. The van der Waals surface area contributed by atoms with Gasteiger partial charge in [-0.2, -0.15) is 0 Å². The number of ether oxygens (including phenoxy) is 2. The number of nitrogens with zero attached hydrogens (tertiary/aromatic N) is 2. The lowest BCUT2D eigenvalue weighted by atomic mass is 9.89. The second-order valence-electron chi connectivity index (χ2n) is 9.26. The number of hydrogen-bond donors (Lipinski definition) is 0. The number of hydrogen-bond acceptors (Lipinski definition) is 4. The van der Waals surface area contributed by atoms with E-state index in [1.54, 1.807) is 4.90 Å². The van der Waals surface area contributed by atoms with E-state index in [0.717, 1.165) is 55.4 Å². The lowest BCUT2D eigenvalue weighted by Crippen LogP contribution is -2.48. The van der Waals surface area contributed by atoms with Gasteiger partial charge < -0.3 is 14.4 Å². The zero-order valence-corrected chi connectivity index (χ0v) is 19.8. The molecular formula is C26H33ClN2O3. The van der Waals surface area contributed by atoms with E-state index >= 15 is 0 Å². The molecule has 2 aromatic carbocycles. The van der Waals surface area contributed by atoms with Gasteiger partial charge in [-0.25, -0.2) is 4.79 Å². The van der Waals surface area contributed by atoms with Crippen molar-refractivity contribution in [2.24, 2.45) is 11.8 Å². The van der Waals surface area contributed by atoms with Crippen LogP contribution in [0.4, 0.5) is 10.5 Å². The number of cyclic esters (lactones) is 1. The van der Waals surface area contributed by atoms with Gasteiger partial charge in [-0.05, 0) is 88.0 Å². The molecule has 2 aromatic rings. The monoisotopic (exact) mass is 456 g/mol. The Balaban J connectivity index is 1.28. The van der Waals surface area contributed by atoms with Gasteiger partial charge in [-0.1, -0.05) is 29.8 Å². The smallest absolute Gasteiger partial charge is 0.414 e. The summed E-state index contributed by atoms with van der Waals surface area (Å²) in [5.41, 5.74) is 2.09. The largest absolute Gasteiger partial charge is 0.491 e. The number of para-hydroxylation sites is 1. The maximum atomic E-state index is 12.2. The molecule has 6 heteroatoms. The number of anilines is 1. The summed E-state index contributed by atoms with van der Waals surface area (Å²) in [6.07, 6.45) is 3.21. The van der Waals surface area contributed by atoms with Crippen molar-refractivity contribution < 1.29 is 14.3 Å².